The quantitative estimate of drug-likeness (QED) is 0.730. The van der Waals surface area contributed by atoms with E-state index in [0.29, 0.717) is 11.5 Å². The first-order valence-corrected chi connectivity index (χ1v) is 7.69. The Bertz CT molecular complexity index is 634. The third-order valence-corrected chi connectivity index (χ3v) is 3.79. The van der Waals surface area contributed by atoms with E-state index in [4.69, 9.17) is 0 Å². The Labute approximate surface area is 136 Å². The molecule has 122 valence electrons. The first-order valence-electron chi connectivity index (χ1n) is 7.69. The minimum atomic E-state index is -0.249. The van der Waals surface area contributed by atoms with Crippen LogP contribution in [0.15, 0.2) is 42.7 Å². The van der Waals surface area contributed by atoms with Crippen LogP contribution >= 0.6 is 0 Å². The molecule has 1 aromatic carbocycles. The van der Waals surface area contributed by atoms with Crippen molar-refractivity contribution >= 4 is 17.5 Å². The van der Waals surface area contributed by atoms with Crippen LogP contribution in [-0.4, -0.2) is 33.6 Å². The van der Waals surface area contributed by atoms with Crippen molar-refractivity contribution in [3.05, 3.63) is 48.3 Å². The van der Waals surface area contributed by atoms with Gasteiger partial charge in [-0.2, -0.15) is 0 Å². The monoisotopic (exact) mass is 314 g/mol. The van der Waals surface area contributed by atoms with Crippen molar-refractivity contribution in [2.45, 2.75) is 26.3 Å². The minimum Gasteiger partial charge on any atom is -0.394 e. The average Bonchev–Trinajstić information content (AvgIpc) is 2.60. The Kier molecular flexibility index (Phi) is 6.05. The van der Waals surface area contributed by atoms with Gasteiger partial charge >= 0.3 is 0 Å². The third-order valence-electron chi connectivity index (χ3n) is 3.79. The highest BCUT2D eigenvalue weighted by Gasteiger charge is 2.18. The van der Waals surface area contributed by atoms with E-state index in [0.717, 1.165) is 12.1 Å². The van der Waals surface area contributed by atoms with Gasteiger partial charge in [0.2, 0.25) is 5.95 Å². The summed E-state index contributed by atoms with van der Waals surface area (Å²) in [5, 5.41) is 15.4. The van der Waals surface area contributed by atoms with Crippen molar-refractivity contribution in [3.8, 4) is 0 Å². The molecular weight excluding hydrogens is 292 g/mol. The molecule has 23 heavy (non-hydrogen) atoms. The van der Waals surface area contributed by atoms with E-state index < -0.39 is 0 Å². The number of hydrogen-bond acceptors (Lipinski definition) is 5. The number of amides is 1. The molecule has 3 N–H and O–H groups in total. The fourth-order valence-electron chi connectivity index (χ4n) is 2.14. The van der Waals surface area contributed by atoms with Gasteiger partial charge in [0.05, 0.1) is 12.6 Å². The molecule has 0 fully saturated rings. The van der Waals surface area contributed by atoms with Crippen LogP contribution < -0.4 is 10.6 Å². The van der Waals surface area contributed by atoms with Gasteiger partial charge in [-0.25, -0.2) is 9.97 Å². The summed E-state index contributed by atoms with van der Waals surface area (Å²) in [7, 11) is 0. The molecule has 0 aliphatic carbocycles. The first kappa shape index (κ1) is 16.9. The van der Waals surface area contributed by atoms with E-state index in [9.17, 15) is 9.90 Å². The average molecular weight is 314 g/mol. The predicted molar refractivity (Wildman–Crippen MR) is 89.6 cm³/mol. The van der Waals surface area contributed by atoms with Gasteiger partial charge < -0.3 is 15.7 Å². The molecule has 2 atom stereocenters. The maximum Gasteiger partial charge on any atom is 0.251 e. The Hall–Kier alpha value is -2.47. The van der Waals surface area contributed by atoms with Gasteiger partial charge in [0.25, 0.3) is 5.91 Å². The number of rotatable bonds is 7. The van der Waals surface area contributed by atoms with Gasteiger partial charge in [0.1, 0.15) is 0 Å². The second kappa shape index (κ2) is 8.24. The molecule has 6 nitrogen and oxygen atoms in total. The van der Waals surface area contributed by atoms with Gasteiger partial charge in [-0.15, -0.1) is 0 Å². The highest BCUT2D eigenvalue weighted by molar-refractivity contribution is 5.95. The third kappa shape index (κ3) is 4.75. The zero-order chi connectivity index (χ0) is 16.7. The lowest BCUT2D eigenvalue weighted by atomic mass is 9.99. The summed E-state index contributed by atoms with van der Waals surface area (Å²) in [6, 6.07) is 8.58. The van der Waals surface area contributed by atoms with E-state index in [-0.39, 0.29) is 24.5 Å². The van der Waals surface area contributed by atoms with E-state index in [1.807, 2.05) is 19.9 Å². The van der Waals surface area contributed by atoms with Crippen LogP contribution in [0.25, 0.3) is 0 Å². The van der Waals surface area contributed by atoms with Crippen LogP contribution in [0.5, 0.6) is 0 Å². The highest BCUT2D eigenvalue weighted by Crippen LogP contribution is 2.15. The van der Waals surface area contributed by atoms with E-state index >= 15 is 0 Å². The van der Waals surface area contributed by atoms with Crippen LogP contribution in [0.4, 0.5) is 11.6 Å². The van der Waals surface area contributed by atoms with Gasteiger partial charge in [0.15, 0.2) is 0 Å². The van der Waals surface area contributed by atoms with Crippen molar-refractivity contribution in [1.82, 2.24) is 15.3 Å². The van der Waals surface area contributed by atoms with E-state index in [2.05, 4.69) is 20.6 Å². The molecule has 0 aliphatic heterocycles. The molecule has 2 rings (SSSR count). The Balaban J connectivity index is 2.08. The fraction of sp³-hybridized carbons (Fsp3) is 0.353. The molecule has 1 heterocycles. The van der Waals surface area contributed by atoms with E-state index in [1.54, 1.807) is 36.7 Å². The summed E-state index contributed by atoms with van der Waals surface area (Å²) in [5.41, 5.74) is 1.25. The van der Waals surface area contributed by atoms with Gasteiger partial charge in [-0.3, -0.25) is 4.79 Å². The second-order valence-corrected chi connectivity index (χ2v) is 5.43. The molecule has 0 saturated heterocycles. The molecule has 2 unspecified atom stereocenters. The van der Waals surface area contributed by atoms with Crippen molar-refractivity contribution in [2.75, 3.05) is 11.9 Å². The lowest BCUT2D eigenvalue weighted by Gasteiger charge is -2.22. The molecule has 0 bridgehead atoms. The van der Waals surface area contributed by atoms with Gasteiger partial charge in [0, 0.05) is 23.6 Å². The molecule has 0 saturated carbocycles. The Morgan fingerprint density at radius 1 is 1.26 bits per heavy atom. The Morgan fingerprint density at radius 2 is 2.00 bits per heavy atom. The maximum absolute atomic E-state index is 12.4. The zero-order valence-corrected chi connectivity index (χ0v) is 13.4. The lowest BCUT2D eigenvalue weighted by molar-refractivity contribution is 0.0891. The summed E-state index contributed by atoms with van der Waals surface area (Å²) in [4.78, 5) is 20.5. The first-order chi connectivity index (χ1) is 11.1. The fourth-order valence-corrected chi connectivity index (χ4v) is 2.14. The van der Waals surface area contributed by atoms with Crippen molar-refractivity contribution in [1.29, 1.82) is 0 Å². The smallest absolute Gasteiger partial charge is 0.251 e. The summed E-state index contributed by atoms with van der Waals surface area (Å²) in [5.74, 6) is 0.475. The minimum absolute atomic E-state index is 0.0729. The number of aliphatic hydroxyl groups is 1. The molecule has 0 aliphatic rings. The predicted octanol–water partition coefficient (Wildman–Crippen LogP) is 2.36. The topological polar surface area (TPSA) is 87.1 Å². The van der Waals surface area contributed by atoms with Crippen LogP contribution in [0, 0.1) is 5.92 Å². The number of carbonyl (C=O) groups excluding carboxylic acids is 1. The van der Waals surface area contributed by atoms with Crippen LogP contribution in [0.1, 0.15) is 30.6 Å². The molecule has 1 amide bonds. The van der Waals surface area contributed by atoms with Crippen molar-refractivity contribution in [3.63, 3.8) is 0 Å². The molecule has 6 heteroatoms. The molecular formula is C17H22N4O2. The molecule has 0 spiro atoms. The number of carbonyl (C=O) groups is 1. The normalized spacial score (nSPS) is 13.2. The summed E-state index contributed by atoms with van der Waals surface area (Å²) in [6.45, 7) is 3.96. The molecule has 0 radical (unpaired) electrons. The second-order valence-electron chi connectivity index (χ2n) is 5.43. The zero-order valence-electron chi connectivity index (χ0n) is 13.4. The lowest BCUT2D eigenvalue weighted by Crippen LogP contribution is -2.41. The Morgan fingerprint density at radius 3 is 2.65 bits per heavy atom. The van der Waals surface area contributed by atoms with Crippen molar-refractivity contribution in [2.24, 2.45) is 5.92 Å². The number of benzene rings is 1. The van der Waals surface area contributed by atoms with Crippen LogP contribution in [0.3, 0.4) is 0 Å². The summed E-state index contributed by atoms with van der Waals surface area (Å²) >= 11 is 0. The highest BCUT2D eigenvalue weighted by atomic mass is 16.3. The van der Waals surface area contributed by atoms with Gasteiger partial charge in [-0.1, -0.05) is 26.3 Å². The number of aromatic nitrogens is 2. The number of aliphatic hydroxyl groups excluding tert-OH is 1. The number of anilines is 2. The largest absolute Gasteiger partial charge is 0.394 e. The van der Waals surface area contributed by atoms with Crippen LogP contribution in [-0.2, 0) is 0 Å². The van der Waals surface area contributed by atoms with Gasteiger partial charge in [-0.05, 0) is 30.2 Å². The SMILES string of the molecule is CCC(C)C(CO)NC(=O)c1cccc(Nc2ncccn2)c1. The standard InChI is InChI=1S/C17H22N4O2/c1-3-12(2)15(11-22)21-16(23)13-6-4-7-14(10-13)20-17-18-8-5-9-19-17/h4-10,12,15,22H,3,11H2,1-2H3,(H,21,23)(H,18,19,20). The number of hydrogen-bond donors (Lipinski definition) is 3. The summed E-state index contributed by atoms with van der Waals surface area (Å²) < 4.78 is 0. The molecule has 2 aromatic rings. The van der Waals surface area contributed by atoms with E-state index in [1.165, 1.54) is 0 Å². The maximum atomic E-state index is 12.4. The summed E-state index contributed by atoms with van der Waals surface area (Å²) in [6.07, 6.45) is 4.17. The molecule has 1 aromatic heterocycles. The van der Waals surface area contributed by atoms with Crippen molar-refractivity contribution < 1.29 is 9.90 Å². The van der Waals surface area contributed by atoms with Crippen LogP contribution in [0.2, 0.25) is 0 Å². The number of nitrogens with zero attached hydrogens (tertiary/aromatic N) is 2. The number of nitrogens with one attached hydrogen (secondary N) is 2.